The monoisotopic (exact) mass is 324 g/mol. The number of carboxylic acids is 1. The number of hydrogen-bond acceptors (Lipinski definition) is 3. The van der Waals surface area contributed by atoms with Gasteiger partial charge in [0, 0.05) is 19.3 Å². The Bertz CT molecular complexity index is 765. The second kappa shape index (κ2) is 6.83. The Morgan fingerprint density at radius 2 is 1.88 bits per heavy atom. The number of carbonyl (C=O) groups excluding carboxylic acids is 1. The molecule has 3 rings (SSSR count). The lowest BCUT2D eigenvalue weighted by Gasteiger charge is -2.32. The number of hydrogen-bond donors (Lipinski definition) is 1. The van der Waals surface area contributed by atoms with Gasteiger partial charge in [-0.05, 0) is 48.9 Å². The van der Waals surface area contributed by atoms with Crippen molar-refractivity contribution in [2.75, 3.05) is 13.1 Å². The molecule has 1 aliphatic heterocycles. The van der Waals surface area contributed by atoms with E-state index in [4.69, 9.17) is 5.11 Å². The predicted octanol–water partition coefficient (Wildman–Crippen LogP) is 3.11. The summed E-state index contributed by atoms with van der Waals surface area (Å²) >= 11 is 0. The number of aromatic carboxylic acids is 1. The molecule has 1 aromatic heterocycles. The number of aromatic nitrogens is 1. The minimum absolute atomic E-state index is 0.0862. The average Bonchev–Trinajstić information content (AvgIpc) is 2.62. The Balaban J connectivity index is 1.68. The summed E-state index contributed by atoms with van der Waals surface area (Å²) in [7, 11) is 0. The van der Waals surface area contributed by atoms with Crippen molar-refractivity contribution < 1.29 is 14.7 Å². The lowest BCUT2D eigenvalue weighted by Crippen LogP contribution is -2.38. The quantitative estimate of drug-likeness (QED) is 0.942. The lowest BCUT2D eigenvalue weighted by molar-refractivity contribution is 0.0696. The summed E-state index contributed by atoms with van der Waals surface area (Å²) in [5, 5.41) is 9.04. The molecule has 1 aliphatic rings. The second-order valence-corrected chi connectivity index (χ2v) is 6.16. The van der Waals surface area contributed by atoms with Crippen LogP contribution in [0.4, 0.5) is 0 Å². The van der Waals surface area contributed by atoms with Crippen molar-refractivity contribution in [1.82, 2.24) is 9.88 Å². The lowest BCUT2D eigenvalue weighted by atomic mass is 9.87. The molecule has 1 aromatic carbocycles. The van der Waals surface area contributed by atoms with Gasteiger partial charge < -0.3 is 10.0 Å². The van der Waals surface area contributed by atoms with E-state index in [1.54, 1.807) is 4.90 Å². The Morgan fingerprint density at radius 1 is 1.17 bits per heavy atom. The van der Waals surface area contributed by atoms with Crippen LogP contribution in [0.5, 0.6) is 0 Å². The van der Waals surface area contributed by atoms with E-state index in [9.17, 15) is 9.59 Å². The number of nitrogens with zero attached hydrogens (tertiary/aromatic N) is 2. The number of aryl methyl sites for hydroxylation is 1. The number of carbonyl (C=O) groups is 2. The molecule has 0 spiro atoms. The first-order chi connectivity index (χ1) is 11.6. The van der Waals surface area contributed by atoms with Crippen LogP contribution in [-0.2, 0) is 0 Å². The van der Waals surface area contributed by atoms with Crippen LogP contribution < -0.4 is 0 Å². The molecule has 0 unspecified atom stereocenters. The Kier molecular flexibility index (Phi) is 4.60. The van der Waals surface area contributed by atoms with Crippen molar-refractivity contribution in [3.8, 4) is 0 Å². The number of piperidine rings is 1. The standard InChI is InChI=1S/C19H20N2O3/c1-13-4-2-3-5-16(13)14-7-10-21(11-8-14)18(22)17-12-15(19(23)24)6-9-20-17/h2-6,9,12,14H,7-8,10-11H2,1H3,(H,23,24). The van der Waals surface area contributed by atoms with Crippen LogP contribution in [0.1, 0.15) is 50.7 Å². The SMILES string of the molecule is Cc1ccccc1C1CCN(C(=O)c2cc(C(=O)O)ccn2)CC1. The molecule has 2 aromatic rings. The van der Waals surface area contributed by atoms with Gasteiger partial charge in [-0.3, -0.25) is 9.78 Å². The summed E-state index contributed by atoms with van der Waals surface area (Å²) in [6.07, 6.45) is 3.20. The molecule has 1 amide bonds. The fourth-order valence-corrected chi connectivity index (χ4v) is 3.28. The summed E-state index contributed by atoms with van der Waals surface area (Å²) in [5.41, 5.74) is 2.93. The van der Waals surface area contributed by atoms with Crippen LogP contribution in [0.25, 0.3) is 0 Å². The van der Waals surface area contributed by atoms with Gasteiger partial charge in [0.1, 0.15) is 5.69 Å². The predicted molar refractivity (Wildman–Crippen MR) is 90.3 cm³/mol. The van der Waals surface area contributed by atoms with E-state index in [1.807, 2.05) is 6.07 Å². The molecule has 5 heteroatoms. The van der Waals surface area contributed by atoms with Crippen LogP contribution in [0.3, 0.4) is 0 Å². The van der Waals surface area contributed by atoms with Crippen LogP contribution in [-0.4, -0.2) is 40.0 Å². The van der Waals surface area contributed by atoms with Gasteiger partial charge in [-0.1, -0.05) is 24.3 Å². The summed E-state index contributed by atoms with van der Waals surface area (Å²) < 4.78 is 0. The number of carboxylic acid groups (broad SMARTS) is 1. The third-order valence-electron chi connectivity index (χ3n) is 4.64. The molecule has 0 saturated carbocycles. The Hall–Kier alpha value is -2.69. The minimum atomic E-state index is -1.05. The summed E-state index contributed by atoms with van der Waals surface area (Å²) in [6.45, 7) is 3.45. The second-order valence-electron chi connectivity index (χ2n) is 6.16. The van der Waals surface area contributed by atoms with Gasteiger partial charge in [-0.2, -0.15) is 0 Å². The zero-order chi connectivity index (χ0) is 17.1. The molecule has 24 heavy (non-hydrogen) atoms. The van der Waals surface area contributed by atoms with Crippen LogP contribution in [0.15, 0.2) is 42.6 Å². The molecule has 1 fully saturated rings. The Morgan fingerprint density at radius 3 is 2.54 bits per heavy atom. The van der Waals surface area contributed by atoms with E-state index in [2.05, 4.69) is 30.1 Å². The maximum atomic E-state index is 12.6. The number of rotatable bonds is 3. The molecule has 5 nitrogen and oxygen atoms in total. The summed E-state index contributed by atoms with van der Waals surface area (Å²) in [5.74, 6) is -0.778. The number of likely N-dealkylation sites (tertiary alicyclic amines) is 1. The maximum absolute atomic E-state index is 12.6. The molecule has 1 N–H and O–H groups in total. The molecule has 2 heterocycles. The summed E-state index contributed by atoms with van der Waals surface area (Å²) in [6, 6.07) is 11.1. The highest BCUT2D eigenvalue weighted by molar-refractivity contribution is 5.95. The molecule has 0 aliphatic carbocycles. The number of amides is 1. The Labute approximate surface area is 140 Å². The van der Waals surface area contributed by atoms with Gasteiger partial charge in [0.25, 0.3) is 5.91 Å². The molecular weight excluding hydrogens is 304 g/mol. The van der Waals surface area contributed by atoms with E-state index >= 15 is 0 Å². The van der Waals surface area contributed by atoms with Crippen molar-refractivity contribution >= 4 is 11.9 Å². The van der Waals surface area contributed by atoms with Crippen molar-refractivity contribution in [2.24, 2.45) is 0 Å². The largest absolute Gasteiger partial charge is 0.478 e. The average molecular weight is 324 g/mol. The third-order valence-corrected chi connectivity index (χ3v) is 4.64. The van der Waals surface area contributed by atoms with E-state index in [1.165, 1.54) is 29.5 Å². The van der Waals surface area contributed by atoms with Crippen molar-refractivity contribution in [3.63, 3.8) is 0 Å². The normalized spacial score (nSPS) is 15.3. The first-order valence-electron chi connectivity index (χ1n) is 8.10. The first kappa shape index (κ1) is 16.2. The highest BCUT2D eigenvalue weighted by Crippen LogP contribution is 2.30. The fourth-order valence-electron chi connectivity index (χ4n) is 3.28. The van der Waals surface area contributed by atoms with Crippen LogP contribution in [0, 0.1) is 6.92 Å². The van der Waals surface area contributed by atoms with Crippen molar-refractivity contribution in [2.45, 2.75) is 25.7 Å². The molecule has 124 valence electrons. The van der Waals surface area contributed by atoms with Gasteiger partial charge in [0.2, 0.25) is 0 Å². The van der Waals surface area contributed by atoms with Gasteiger partial charge in [-0.25, -0.2) is 4.79 Å². The van der Waals surface area contributed by atoms with Gasteiger partial charge >= 0.3 is 5.97 Å². The van der Waals surface area contributed by atoms with Gasteiger partial charge in [-0.15, -0.1) is 0 Å². The van der Waals surface area contributed by atoms with E-state index in [-0.39, 0.29) is 17.2 Å². The third kappa shape index (κ3) is 3.30. The number of pyridine rings is 1. The number of benzene rings is 1. The molecule has 0 radical (unpaired) electrons. The summed E-state index contributed by atoms with van der Waals surface area (Å²) in [4.78, 5) is 29.4. The van der Waals surface area contributed by atoms with Crippen molar-refractivity contribution in [3.05, 3.63) is 65.0 Å². The maximum Gasteiger partial charge on any atom is 0.335 e. The van der Waals surface area contributed by atoms with E-state index < -0.39 is 5.97 Å². The molecular formula is C19H20N2O3. The zero-order valence-corrected chi connectivity index (χ0v) is 13.6. The van der Waals surface area contributed by atoms with Gasteiger partial charge in [0.05, 0.1) is 5.56 Å². The minimum Gasteiger partial charge on any atom is -0.478 e. The molecule has 0 atom stereocenters. The smallest absolute Gasteiger partial charge is 0.335 e. The van der Waals surface area contributed by atoms with Crippen LogP contribution in [0.2, 0.25) is 0 Å². The molecule has 0 bridgehead atoms. The highest BCUT2D eigenvalue weighted by atomic mass is 16.4. The van der Waals surface area contributed by atoms with E-state index in [0.29, 0.717) is 19.0 Å². The van der Waals surface area contributed by atoms with Crippen molar-refractivity contribution in [1.29, 1.82) is 0 Å². The fraction of sp³-hybridized carbons (Fsp3) is 0.316. The highest BCUT2D eigenvalue weighted by Gasteiger charge is 2.26. The topological polar surface area (TPSA) is 70.5 Å². The van der Waals surface area contributed by atoms with Gasteiger partial charge in [0.15, 0.2) is 0 Å². The van der Waals surface area contributed by atoms with Crippen LogP contribution >= 0.6 is 0 Å². The van der Waals surface area contributed by atoms with E-state index in [0.717, 1.165) is 12.8 Å². The first-order valence-corrected chi connectivity index (χ1v) is 8.10. The molecule has 1 saturated heterocycles. The zero-order valence-electron chi connectivity index (χ0n) is 13.6.